The number of rotatable bonds is 8. The molecule has 0 radical (unpaired) electrons. The molecule has 4 rings (SSSR count). The van der Waals surface area contributed by atoms with E-state index in [2.05, 4.69) is 40.2 Å². The Morgan fingerprint density at radius 2 is 2.03 bits per heavy atom. The highest BCUT2D eigenvalue weighted by molar-refractivity contribution is 7.14. The maximum absolute atomic E-state index is 12.8. The average Bonchev–Trinajstić information content (AvgIpc) is 3.46. The van der Waals surface area contributed by atoms with Crippen LogP contribution in [0.2, 0.25) is 0 Å². The third-order valence-corrected chi connectivity index (χ3v) is 6.73. The number of anilines is 1. The number of nitrogens with zero attached hydrogens (tertiary/aromatic N) is 4. The maximum atomic E-state index is 12.8. The number of methoxy groups -OCH3 is 1. The number of carbonyl (C=O) groups is 1. The fraction of sp³-hybridized carbons (Fsp3) is 0.375. The molecule has 1 amide bonds. The summed E-state index contributed by atoms with van der Waals surface area (Å²) in [5.74, 6) is -0.283. The number of ether oxygens (including phenoxy) is 1. The number of thiazole rings is 1. The van der Waals surface area contributed by atoms with Gasteiger partial charge in [-0.1, -0.05) is 25.1 Å². The van der Waals surface area contributed by atoms with Crippen molar-refractivity contribution in [3.63, 3.8) is 0 Å². The van der Waals surface area contributed by atoms with Gasteiger partial charge in [0, 0.05) is 47.4 Å². The summed E-state index contributed by atoms with van der Waals surface area (Å²) in [5, 5.41) is 11.3. The number of para-hydroxylation sites is 1. The number of aryl methyl sites for hydroxylation is 1. The molecular formula is C24H29N5O2S. The Hall–Kier alpha value is -2.97. The zero-order valence-corrected chi connectivity index (χ0v) is 20.0. The molecular weight excluding hydrogens is 422 g/mol. The van der Waals surface area contributed by atoms with Gasteiger partial charge in [0.15, 0.2) is 5.13 Å². The predicted octanol–water partition coefficient (Wildman–Crippen LogP) is 4.81. The smallest absolute Gasteiger partial charge is 0.230 e. The van der Waals surface area contributed by atoms with E-state index in [0.717, 1.165) is 40.1 Å². The van der Waals surface area contributed by atoms with Crippen molar-refractivity contribution in [2.45, 2.75) is 40.8 Å². The van der Waals surface area contributed by atoms with Gasteiger partial charge in [-0.2, -0.15) is 5.10 Å². The van der Waals surface area contributed by atoms with Crippen molar-refractivity contribution in [2.75, 3.05) is 19.0 Å². The van der Waals surface area contributed by atoms with Crippen LogP contribution in [-0.2, 0) is 22.6 Å². The second kappa shape index (κ2) is 9.26. The van der Waals surface area contributed by atoms with Gasteiger partial charge in [-0.3, -0.25) is 9.48 Å². The fourth-order valence-electron chi connectivity index (χ4n) is 3.82. The van der Waals surface area contributed by atoms with E-state index >= 15 is 0 Å². The Kier molecular flexibility index (Phi) is 6.43. The molecule has 0 saturated carbocycles. The number of benzene rings is 1. The summed E-state index contributed by atoms with van der Waals surface area (Å²) in [6, 6.07) is 8.27. The number of hydrogen-bond acceptors (Lipinski definition) is 5. The summed E-state index contributed by atoms with van der Waals surface area (Å²) >= 11 is 1.44. The van der Waals surface area contributed by atoms with E-state index in [1.54, 1.807) is 7.11 Å². The number of amides is 1. The number of nitrogens with one attached hydrogen (secondary N) is 1. The third kappa shape index (κ3) is 4.33. The Morgan fingerprint density at radius 1 is 1.25 bits per heavy atom. The van der Waals surface area contributed by atoms with Crippen LogP contribution in [0.25, 0.3) is 22.2 Å². The standard InChI is InChI=1S/C24H29N5O2S/c1-15(12-29-18(4)16(2)17(3)27-29)23(30)26-24-25-21(14-32-24)20-13-28(10-11-31-5)22-9-7-6-8-19(20)22/h6-9,13-15H,10-12H2,1-5H3,(H,25,26,30)/t15-/m1/s1. The highest BCUT2D eigenvalue weighted by Gasteiger charge is 2.19. The highest BCUT2D eigenvalue weighted by Crippen LogP contribution is 2.33. The van der Waals surface area contributed by atoms with Gasteiger partial charge in [0.1, 0.15) is 0 Å². The number of fused-ring (bicyclic) bond motifs is 1. The van der Waals surface area contributed by atoms with Gasteiger partial charge in [0.2, 0.25) is 5.91 Å². The van der Waals surface area contributed by atoms with E-state index in [1.807, 2.05) is 43.0 Å². The Labute approximate surface area is 192 Å². The summed E-state index contributed by atoms with van der Waals surface area (Å²) in [4.78, 5) is 17.5. The van der Waals surface area contributed by atoms with E-state index in [0.29, 0.717) is 18.3 Å². The molecule has 7 nitrogen and oxygen atoms in total. The lowest BCUT2D eigenvalue weighted by molar-refractivity contribution is -0.119. The monoisotopic (exact) mass is 451 g/mol. The van der Waals surface area contributed by atoms with Gasteiger partial charge in [-0.15, -0.1) is 11.3 Å². The largest absolute Gasteiger partial charge is 0.383 e. The molecule has 1 N–H and O–H groups in total. The molecule has 4 aromatic rings. The van der Waals surface area contributed by atoms with Crippen molar-refractivity contribution >= 4 is 33.3 Å². The van der Waals surface area contributed by atoms with Crippen molar-refractivity contribution in [2.24, 2.45) is 5.92 Å². The van der Waals surface area contributed by atoms with E-state index in [1.165, 1.54) is 16.9 Å². The van der Waals surface area contributed by atoms with Gasteiger partial charge >= 0.3 is 0 Å². The second-order valence-electron chi connectivity index (χ2n) is 8.15. The zero-order valence-electron chi connectivity index (χ0n) is 19.2. The van der Waals surface area contributed by atoms with Crippen LogP contribution in [-0.4, -0.2) is 39.0 Å². The Balaban J connectivity index is 1.50. The van der Waals surface area contributed by atoms with Crippen LogP contribution in [0.3, 0.4) is 0 Å². The van der Waals surface area contributed by atoms with Crippen LogP contribution in [0, 0.1) is 26.7 Å². The van der Waals surface area contributed by atoms with Gasteiger partial charge in [-0.25, -0.2) is 4.98 Å². The first-order valence-corrected chi connectivity index (χ1v) is 11.6. The molecule has 168 valence electrons. The van der Waals surface area contributed by atoms with Crippen LogP contribution < -0.4 is 5.32 Å². The third-order valence-electron chi connectivity index (χ3n) is 5.97. The SMILES string of the molecule is COCCn1cc(-c2csc(NC(=O)[C@H](C)Cn3nc(C)c(C)c3C)n2)c2ccccc21. The molecule has 0 aliphatic heterocycles. The predicted molar refractivity (Wildman–Crippen MR) is 129 cm³/mol. The molecule has 0 saturated heterocycles. The first-order valence-electron chi connectivity index (χ1n) is 10.7. The Morgan fingerprint density at radius 3 is 2.75 bits per heavy atom. The van der Waals surface area contributed by atoms with Crippen molar-refractivity contribution in [3.05, 3.63) is 52.8 Å². The molecule has 0 unspecified atom stereocenters. The van der Waals surface area contributed by atoms with Crippen molar-refractivity contribution in [3.8, 4) is 11.3 Å². The fourth-order valence-corrected chi connectivity index (χ4v) is 4.53. The zero-order chi connectivity index (χ0) is 22.8. The molecule has 3 aromatic heterocycles. The summed E-state index contributed by atoms with van der Waals surface area (Å²) in [5.41, 5.74) is 6.34. The normalized spacial score (nSPS) is 12.4. The van der Waals surface area contributed by atoms with Gasteiger partial charge < -0.3 is 14.6 Å². The molecule has 0 aliphatic rings. The summed E-state index contributed by atoms with van der Waals surface area (Å²) in [7, 11) is 1.71. The van der Waals surface area contributed by atoms with E-state index < -0.39 is 0 Å². The van der Waals surface area contributed by atoms with Crippen LogP contribution in [0.15, 0.2) is 35.8 Å². The quantitative estimate of drug-likeness (QED) is 0.417. The van der Waals surface area contributed by atoms with E-state index in [4.69, 9.17) is 9.72 Å². The van der Waals surface area contributed by atoms with Crippen molar-refractivity contribution in [1.29, 1.82) is 0 Å². The van der Waals surface area contributed by atoms with Crippen LogP contribution in [0.1, 0.15) is 23.9 Å². The topological polar surface area (TPSA) is 74.0 Å². The molecule has 0 aliphatic carbocycles. The minimum Gasteiger partial charge on any atom is -0.383 e. The lowest BCUT2D eigenvalue weighted by Gasteiger charge is -2.12. The minimum atomic E-state index is -0.226. The molecule has 8 heteroatoms. The molecule has 3 heterocycles. The van der Waals surface area contributed by atoms with Gasteiger partial charge in [0.05, 0.1) is 30.5 Å². The highest BCUT2D eigenvalue weighted by atomic mass is 32.1. The molecule has 1 aromatic carbocycles. The number of carbonyl (C=O) groups excluding carboxylic acids is 1. The molecule has 0 spiro atoms. The minimum absolute atomic E-state index is 0.0568. The summed E-state index contributed by atoms with van der Waals surface area (Å²) in [6.45, 7) is 9.96. The van der Waals surface area contributed by atoms with Crippen LogP contribution in [0.5, 0.6) is 0 Å². The van der Waals surface area contributed by atoms with Gasteiger partial charge in [-0.05, 0) is 32.4 Å². The molecule has 0 bridgehead atoms. The first kappa shape index (κ1) is 22.2. The van der Waals surface area contributed by atoms with Crippen LogP contribution >= 0.6 is 11.3 Å². The van der Waals surface area contributed by atoms with E-state index in [9.17, 15) is 4.79 Å². The Bertz CT molecular complexity index is 1250. The van der Waals surface area contributed by atoms with Crippen molar-refractivity contribution in [1.82, 2.24) is 19.3 Å². The summed E-state index contributed by atoms with van der Waals surface area (Å²) in [6.07, 6.45) is 2.11. The van der Waals surface area contributed by atoms with Crippen molar-refractivity contribution < 1.29 is 9.53 Å². The molecule has 1 atom stereocenters. The van der Waals surface area contributed by atoms with Crippen LogP contribution in [0.4, 0.5) is 5.13 Å². The number of aromatic nitrogens is 4. The first-order chi connectivity index (χ1) is 15.4. The van der Waals surface area contributed by atoms with E-state index in [-0.39, 0.29) is 11.8 Å². The average molecular weight is 452 g/mol. The lowest BCUT2D eigenvalue weighted by Crippen LogP contribution is -2.25. The molecule has 0 fully saturated rings. The summed E-state index contributed by atoms with van der Waals surface area (Å²) < 4.78 is 9.35. The number of hydrogen-bond donors (Lipinski definition) is 1. The molecule has 32 heavy (non-hydrogen) atoms. The van der Waals surface area contributed by atoms with Gasteiger partial charge in [0.25, 0.3) is 0 Å². The second-order valence-corrected chi connectivity index (χ2v) is 9.01. The maximum Gasteiger partial charge on any atom is 0.230 e. The lowest BCUT2D eigenvalue weighted by atomic mass is 10.1.